The molecule has 1 saturated heterocycles. The van der Waals surface area contributed by atoms with Crippen LogP contribution in [0.4, 0.5) is 5.69 Å². The van der Waals surface area contributed by atoms with E-state index in [2.05, 4.69) is 5.32 Å². The highest BCUT2D eigenvalue weighted by Gasteiger charge is 2.27. The number of nitrogens with one attached hydrogen (secondary N) is 1. The Labute approximate surface area is 124 Å². The zero-order valence-corrected chi connectivity index (χ0v) is 12.3. The van der Waals surface area contributed by atoms with Crippen LogP contribution in [0.25, 0.3) is 0 Å². The van der Waals surface area contributed by atoms with Gasteiger partial charge in [-0.15, -0.1) is 0 Å². The molecule has 0 bridgehead atoms. The molecule has 5 heteroatoms. The second-order valence-electron chi connectivity index (χ2n) is 5.62. The van der Waals surface area contributed by atoms with Crippen LogP contribution < -0.4 is 15.0 Å². The highest BCUT2D eigenvalue weighted by Crippen LogP contribution is 2.35. The predicted octanol–water partition coefficient (Wildman–Crippen LogP) is 1.61. The van der Waals surface area contributed by atoms with Gasteiger partial charge in [-0.2, -0.15) is 0 Å². The van der Waals surface area contributed by atoms with Crippen molar-refractivity contribution in [3.63, 3.8) is 0 Å². The number of nitrogens with zero attached hydrogens (tertiary/aromatic N) is 1. The molecular formula is C16H22N2O3. The molecule has 2 heterocycles. The Balaban J connectivity index is 1.89. The van der Waals surface area contributed by atoms with Gasteiger partial charge < -0.3 is 20.1 Å². The number of hydrogen-bond donors (Lipinski definition) is 2. The van der Waals surface area contributed by atoms with Gasteiger partial charge in [-0.3, -0.25) is 4.79 Å². The number of benzene rings is 1. The van der Waals surface area contributed by atoms with Gasteiger partial charge in [0, 0.05) is 12.5 Å². The minimum atomic E-state index is -0.543. The van der Waals surface area contributed by atoms with E-state index in [1.54, 1.807) is 4.90 Å². The fourth-order valence-electron chi connectivity index (χ4n) is 3.08. The molecule has 0 radical (unpaired) electrons. The van der Waals surface area contributed by atoms with E-state index in [4.69, 9.17) is 4.74 Å². The third-order valence-corrected chi connectivity index (χ3v) is 4.27. The Morgan fingerprint density at radius 2 is 2.43 bits per heavy atom. The van der Waals surface area contributed by atoms with Crippen molar-refractivity contribution >= 4 is 11.6 Å². The average Bonchev–Trinajstić information content (AvgIpc) is 3.06. The van der Waals surface area contributed by atoms with Crippen molar-refractivity contribution in [3.8, 4) is 5.75 Å². The molecule has 114 valence electrons. The van der Waals surface area contributed by atoms with Crippen LogP contribution in [0.3, 0.4) is 0 Å². The van der Waals surface area contributed by atoms with Crippen LogP contribution >= 0.6 is 0 Å². The van der Waals surface area contributed by atoms with Crippen LogP contribution in [0.15, 0.2) is 18.2 Å². The maximum atomic E-state index is 12.1. The highest BCUT2D eigenvalue weighted by atomic mass is 16.5. The zero-order valence-electron chi connectivity index (χ0n) is 12.3. The topological polar surface area (TPSA) is 61.8 Å². The van der Waals surface area contributed by atoms with Gasteiger partial charge in [0.1, 0.15) is 12.4 Å². The summed E-state index contributed by atoms with van der Waals surface area (Å²) in [7, 11) is 0. The predicted molar refractivity (Wildman–Crippen MR) is 80.6 cm³/mol. The molecule has 1 aromatic carbocycles. The number of carbonyl (C=O) groups excluding carboxylic acids is 1. The summed E-state index contributed by atoms with van der Waals surface area (Å²) < 4.78 is 5.62. The molecule has 1 amide bonds. The quantitative estimate of drug-likeness (QED) is 0.888. The van der Waals surface area contributed by atoms with Crippen molar-refractivity contribution in [3.05, 3.63) is 23.8 Å². The summed E-state index contributed by atoms with van der Waals surface area (Å²) in [6.45, 7) is 3.90. The Kier molecular flexibility index (Phi) is 4.12. The van der Waals surface area contributed by atoms with Gasteiger partial charge in [-0.1, -0.05) is 13.0 Å². The molecule has 2 aliphatic rings. The van der Waals surface area contributed by atoms with Crippen LogP contribution in [0.2, 0.25) is 0 Å². The van der Waals surface area contributed by atoms with E-state index < -0.39 is 6.10 Å². The number of carbonyl (C=O) groups is 1. The number of anilines is 1. The van der Waals surface area contributed by atoms with Crippen LogP contribution in [-0.4, -0.2) is 36.8 Å². The van der Waals surface area contributed by atoms with E-state index in [-0.39, 0.29) is 11.9 Å². The third kappa shape index (κ3) is 2.76. The highest BCUT2D eigenvalue weighted by molar-refractivity contribution is 5.95. The number of aliphatic hydroxyl groups excluding tert-OH is 1. The van der Waals surface area contributed by atoms with Crippen LogP contribution in [-0.2, 0) is 4.79 Å². The van der Waals surface area contributed by atoms with Gasteiger partial charge in [0.15, 0.2) is 0 Å². The molecule has 1 fully saturated rings. The standard InChI is InChI=1S/C16H22N2O3/c1-2-15(19)18-8-9-21-14-6-5-11(10-13(14)18)16(20)12-4-3-7-17-12/h5-6,10,12,16-17,20H,2-4,7-9H2,1H3. The van der Waals surface area contributed by atoms with Crippen molar-refractivity contribution < 1.29 is 14.6 Å². The number of rotatable bonds is 3. The Hall–Kier alpha value is -1.59. The van der Waals surface area contributed by atoms with Gasteiger partial charge in [-0.25, -0.2) is 0 Å². The van der Waals surface area contributed by atoms with Crippen molar-refractivity contribution in [2.24, 2.45) is 0 Å². The van der Waals surface area contributed by atoms with Gasteiger partial charge in [0.2, 0.25) is 5.91 Å². The normalized spacial score (nSPS) is 22.6. The molecule has 5 nitrogen and oxygen atoms in total. The van der Waals surface area contributed by atoms with E-state index >= 15 is 0 Å². The first-order valence-corrected chi connectivity index (χ1v) is 7.69. The Morgan fingerprint density at radius 1 is 1.57 bits per heavy atom. The minimum Gasteiger partial charge on any atom is -0.490 e. The molecule has 2 atom stereocenters. The van der Waals surface area contributed by atoms with Gasteiger partial charge in [-0.05, 0) is 37.1 Å². The van der Waals surface area contributed by atoms with Gasteiger partial charge in [0.25, 0.3) is 0 Å². The lowest BCUT2D eigenvalue weighted by Crippen LogP contribution is -2.37. The van der Waals surface area contributed by atoms with Crippen LogP contribution in [0.5, 0.6) is 5.75 Å². The number of ether oxygens (including phenoxy) is 1. The molecule has 1 aromatic rings. The Bertz CT molecular complexity index is 526. The van der Waals surface area contributed by atoms with Crippen molar-refractivity contribution in [1.82, 2.24) is 5.32 Å². The first-order valence-electron chi connectivity index (χ1n) is 7.69. The molecule has 0 aromatic heterocycles. The summed E-state index contributed by atoms with van der Waals surface area (Å²) in [6.07, 6.45) is 2.00. The molecule has 0 aliphatic carbocycles. The Morgan fingerprint density at radius 3 is 3.14 bits per heavy atom. The minimum absolute atomic E-state index is 0.0881. The fraction of sp³-hybridized carbons (Fsp3) is 0.562. The monoisotopic (exact) mass is 290 g/mol. The molecule has 3 rings (SSSR count). The molecule has 2 aliphatic heterocycles. The maximum Gasteiger partial charge on any atom is 0.226 e. The summed E-state index contributed by atoms with van der Waals surface area (Å²) in [5, 5.41) is 13.8. The molecule has 2 N–H and O–H groups in total. The first kappa shape index (κ1) is 14.4. The van der Waals surface area contributed by atoms with Crippen molar-refractivity contribution in [2.75, 3.05) is 24.6 Å². The second-order valence-corrected chi connectivity index (χ2v) is 5.62. The lowest BCUT2D eigenvalue weighted by Gasteiger charge is -2.30. The lowest BCUT2D eigenvalue weighted by molar-refractivity contribution is -0.118. The fourth-order valence-corrected chi connectivity index (χ4v) is 3.08. The number of amides is 1. The third-order valence-electron chi connectivity index (χ3n) is 4.27. The van der Waals surface area contributed by atoms with E-state index in [1.165, 1.54) is 0 Å². The van der Waals surface area contributed by atoms with Crippen molar-refractivity contribution in [1.29, 1.82) is 0 Å². The number of hydrogen-bond acceptors (Lipinski definition) is 4. The largest absolute Gasteiger partial charge is 0.490 e. The van der Waals surface area contributed by atoms with Crippen molar-refractivity contribution in [2.45, 2.75) is 38.3 Å². The molecule has 0 spiro atoms. The summed E-state index contributed by atoms with van der Waals surface area (Å²) in [6, 6.07) is 5.75. The van der Waals surface area contributed by atoms with E-state index in [0.29, 0.717) is 19.6 Å². The van der Waals surface area contributed by atoms with Crippen LogP contribution in [0, 0.1) is 0 Å². The number of fused-ring (bicyclic) bond motifs is 1. The molecule has 0 saturated carbocycles. The zero-order chi connectivity index (χ0) is 14.8. The first-order chi connectivity index (χ1) is 10.2. The van der Waals surface area contributed by atoms with E-state index in [1.807, 2.05) is 25.1 Å². The summed E-state index contributed by atoms with van der Waals surface area (Å²) >= 11 is 0. The van der Waals surface area contributed by atoms with Gasteiger partial charge in [0.05, 0.1) is 18.3 Å². The van der Waals surface area contributed by atoms with E-state index in [0.717, 1.165) is 36.4 Å². The SMILES string of the molecule is CCC(=O)N1CCOc2ccc(C(O)C3CCCN3)cc21. The lowest BCUT2D eigenvalue weighted by atomic mass is 9.99. The number of aliphatic hydroxyl groups is 1. The molecular weight excluding hydrogens is 268 g/mol. The summed E-state index contributed by atoms with van der Waals surface area (Å²) in [5.74, 6) is 0.809. The smallest absolute Gasteiger partial charge is 0.226 e. The molecule has 21 heavy (non-hydrogen) atoms. The maximum absolute atomic E-state index is 12.1. The summed E-state index contributed by atoms with van der Waals surface area (Å²) in [4.78, 5) is 13.8. The summed E-state index contributed by atoms with van der Waals surface area (Å²) in [5.41, 5.74) is 1.62. The second kappa shape index (κ2) is 6.03. The average molecular weight is 290 g/mol. The molecule has 2 unspecified atom stereocenters. The van der Waals surface area contributed by atoms with Crippen LogP contribution in [0.1, 0.15) is 37.9 Å². The van der Waals surface area contributed by atoms with Gasteiger partial charge >= 0.3 is 0 Å². The van der Waals surface area contributed by atoms with E-state index in [9.17, 15) is 9.90 Å².